The van der Waals surface area contributed by atoms with Crippen molar-refractivity contribution in [2.75, 3.05) is 6.61 Å². The number of nitrogens with one attached hydrogen (secondary N) is 1. The average Bonchev–Trinajstić information content (AvgIpc) is 3.01. The van der Waals surface area contributed by atoms with E-state index in [1.54, 1.807) is 26.0 Å². The van der Waals surface area contributed by atoms with Gasteiger partial charge in [-0.3, -0.25) is 0 Å². The van der Waals surface area contributed by atoms with Crippen molar-refractivity contribution in [1.29, 1.82) is 0 Å². The Bertz CT molecular complexity index is 782. The number of aromatic carboxylic acids is 1. The second-order valence-corrected chi connectivity index (χ2v) is 6.47. The molecule has 0 fully saturated rings. The molecular weight excluding hydrogens is 322 g/mol. The van der Waals surface area contributed by atoms with Crippen LogP contribution in [0.3, 0.4) is 0 Å². The first-order chi connectivity index (χ1) is 10.8. The highest BCUT2D eigenvalue weighted by molar-refractivity contribution is 7.89. The second-order valence-electron chi connectivity index (χ2n) is 4.75. The number of carboxylic acid groups (broad SMARTS) is 1. The molecule has 0 saturated carbocycles. The van der Waals surface area contributed by atoms with E-state index in [4.69, 9.17) is 9.15 Å². The van der Waals surface area contributed by atoms with Crippen LogP contribution >= 0.6 is 0 Å². The molecule has 2 rings (SSSR count). The number of benzene rings is 1. The molecule has 2 aromatic rings. The summed E-state index contributed by atoms with van der Waals surface area (Å²) in [6, 6.07) is 6.42. The number of ether oxygens (including phenoxy) is 1. The highest BCUT2D eigenvalue weighted by atomic mass is 32.2. The van der Waals surface area contributed by atoms with E-state index in [0.29, 0.717) is 5.76 Å². The maximum Gasteiger partial charge on any atom is 0.339 e. The molecule has 0 aliphatic rings. The molecule has 0 aliphatic heterocycles. The molecule has 1 unspecified atom stereocenters. The van der Waals surface area contributed by atoms with Crippen molar-refractivity contribution in [1.82, 2.24) is 4.72 Å². The minimum Gasteiger partial charge on any atom is -0.493 e. The molecule has 0 spiro atoms. The number of hydrogen-bond donors (Lipinski definition) is 2. The summed E-state index contributed by atoms with van der Waals surface area (Å²) in [6.45, 7) is 3.62. The van der Waals surface area contributed by atoms with Gasteiger partial charge in [0.25, 0.3) is 0 Å². The molecule has 124 valence electrons. The third-order valence-corrected chi connectivity index (χ3v) is 4.63. The molecular formula is C15H17NO6S. The molecule has 0 amide bonds. The van der Waals surface area contributed by atoms with Crippen LogP contribution in [-0.2, 0) is 10.0 Å². The van der Waals surface area contributed by atoms with E-state index in [2.05, 4.69) is 4.72 Å². The molecule has 1 atom stereocenters. The molecule has 0 saturated heterocycles. The van der Waals surface area contributed by atoms with Crippen molar-refractivity contribution in [2.45, 2.75) is 24.8 Å². The molecule has 1 heterocycles. The number of sulfonamides is 1. The van der Waals surface area contributed by atoms with E-state index < -0.39 is 22.0 Å². The molecule has 1 aromatic carbocycles. The lowest BCUT2D eigenvalue weighted by molar-refractivity contribution is 0.0692. The maximum absolute atomic E-state index is 12.4. The predicted octanol–water partition coefficient (Wildman–Crippen LogP) is 2.42. The number of carboxylic acids is 1. The lowest BCUT2D eigenvalue weighted by Gasteiger charge is -2.14. The number of furan rings is 1. The van der Waals surface area contributed by atoms with Crippen molar-refractivity contribution in [3.63, 3.8) is 0 Å². The summed E-state index contributed by atoms with van der Waals surface area (Å²) in [4.78, 5) is 11.1. The van der Waals surface area contributed by atoms with Crippen molar-refractivity contribution in [3.8, 4) is 5.75 Å². The first-order valence-corrected chi connectivity index (χ1v) is 8.39. The van der Waals surface area contributed by atoms with E-state index in [1.807, 2.05) is 0 Å². The van der Waals surface area contributed by atoms with Gasteiger partial charge in [-0.25, -0.2) is 17.9 Å². The van der Waals surface area contributed by atoms with Crippen LogP contribution in [0.15, 0.2) is 45.9 Å². The van der Waals surface area contributed by atoms with E-state index in [1.165, 1.54) is 18.4 Å². The average molecular weight is 339 g/mol. The third kappa shape index (κ3) is 3.91. The summed E-state index contributed by atoms with van der Waals surface area (Å²) in [5.74, 6) is -0.680. The van der Waals surface area contributed by atoms with Gasteiger partial charge in [0, 0.05) is 0 Å². The zero-order valence-corrected chi connectivity index (χ0v) is 13.5. The van der Waals surface area contributed by atoms with E-state index in [0.717, 1.165) is 6.07 Å². The Morgan fingerprint density at radius 1 is 1.39 bits per heavy atom. The van der Waals surface area contributed by atoms with Crippen LogP contribution in [0.1, 0.15) is 36.0 Å². The zero-order valence-electron chi connectivity index (χ0n) is 12.6. The van der Waals surface area contributed by atoms with Gasteiger partial charge in [0.2, 0.25) is 10.0 Å². The summed E-state index contributed by atoms with van der Waals surface area (Å²) in [7, 11) is -3.90. The molecule has 1 aromatic heterocycles. The Labute approximate surface area is 133 Å². The van der Waals surface area contributed by atoms with Crippen LogP contribution < -0.4 is 9.46 Å². The van der Waals surface area contributed by atoms with Crippen LogP contribution in [0, 0.1) is 0 Å². The standard InChI is InChI=1S/C15H17NO6S/c1-3-21-14-7-6-11(9-12(14)15(17)18)23(19,20)16-10(2)13-5-4-8-22-13/h4-10,16H,3H2,1-2H3,(H,17,18). The number of hydrogen-bond acceptors (Lipinski definition) is 5. The fourth-order valence-corrected chi connectivity index (χ4v) is 3.26. The summed E-state index contributed by atoms with van der Waals surface area (Å²) in [6.07, 6.45) is 1.44. The second kappa shape index (κ2) is 6.84. The van der Waals surface area contributed by atoms with E-state index in [-0.39, 0.29) is 22.8 Å². The highest BCUT2D eigenvalue weighted by Crippen LogP contribution is 2.24. The Hall–Kier alpha value is -2.32. The molecule has 0 radical (unpaired) electrons. The minimum atomic E-state index is -3.90. The van der Waals surface area contributed by atoms with Gasteiger partial charge in [0.05, 0.1) is 23.8 Å². The lowest BCUT2D eigenvalue weighted by Crippen LogP contribution is -2.26. The Kier molecular flexibility index (Phi) is 5.07. The van der Waals surface area contributed by atoms with Crippen LogP contribution in [0.2, 0.25) is 0 Å². The first-order valence-electron chi connectivity index (χ1n) is 6.91. The first kappa shape index (κ1) is 17.0. The summed E-state index contributed by atoms with van der Waals surface area (Å²) in [5, 5.41) is 9.20. The van der Waals surface area contributed by atoms with Crippen LogP contribution in [-0.4, -0.2) is 26.1 Å². The monoisotopic (exact) mass is 339 g/mol. The van der Waals surface area contributed by atoms with Crippen LogP contribution in [0.5, 0.6) is 5.75 Å². The molecule has 23 heavy (non-hydrogen) atoms. The van der Waals surface area contributed by atoms with Gasteiger partial charge in [-0.1, -0.05) is 0 Å². The van der Waals surface area contributed by atoms with Gasteiger partial charge in [-0.2, -0.15) is 0 Å². The van der Waals surface area contributed by atoms with Crippen LogP contribution in [0.25, 0.3) is 0 Å². The molecule has 2 N–H and O–H groups in total. The summed E-state index contributed by atoms with van der Waals surface area (Å²) < 4.78 is 37.6. The van der Waals surface area contributed by atoms with Gasteiger partial charge in [-0.15, -0.1) is 0 Å². The van der Waals surface area contributed by atoms with Gasteiger partial charge in [0.1, 0.15) is 17.1 Å². The van der Waals surface area contributed by atoms with Gasteiger partial charge in [0.15, 0.2) is 0 Å². The van der Waals surface area contributed by atoms with Gasteiger partial charge >= 0.3 is 5.97 Å². The Morgan fingerprint density at radius 2 is 2.13 bits per heavy atom. The quantitative estimate of drug-likeness (QED) is 0.802. The summed E-state index contributed by atoms with van der Waals surface area (Å²) >= 11 is 0. The predicted molar refractivity (Wildman–Crippen MR) is 82.0 cm³/mol. The lowest BCUT2D eigenvalue weighted by atomic mass is 10.2. The Balaban J connectivity index is 2.32. The number of rotatable bonds is 7. The molecule has 7 nitrogen and oxygen atoms in total. The Morgan fingerprint density at radius 3 is 2.70 bits per heavy atom. The molecule has 0 bridgehead atoms. The highest BCUT2D eigenvalue weighted by Gasteiger charge is 2.22. The smallest absolute Gasteiger partial charge is 0.339 e. The topological polar surface area (TPSA) is 106 Å². The SMILES string of the molecule is CCOc1ccc(S(=O)(=O)NC(C)c2ccco2)cc1C(=O)O. The largest absolute Gasteiger partial charge is 0.493 e. The maximum atomic E-state index is 12.4. The van der Waals surface area contributed by atoms with Crippen molar-refractivity contribution >= 4 is 16.0 Å². The number of carbonyl (C=O) groups is 1. The van der Waals surface area contributed by atoms with Crippen LogP contribution in [0.4, 0.5) is 0 Å². The van der Waals surface area contributed by atoms with Gasteiger partial charge < -0.3 is 14.3 Å². The van der Waals surface area contributed by atoms with Crippen molar-refractivity contribution in [2.24, 2.45) is 0 Å². The third-order valence-electron chi connectivity index (χ3n) is 3.09. The zero-order chi connectivity index (χ0) is 17.0. The fourth-order valence-electron chi connectivity index (χ4n) is 2.02. The minimum absolute atomic E-state index is 0.123. The fraction of sp³-hybridized carbons (Fsp3) is 0.267. The van der Waals surface area contributed by atoms with Crippen molar-refractivity contribution in [3.05, 3.63) is 47.9 Å². The van der Waals surface area contributed by atoms with E-state index in [9.17, 15) is 18.3 Å². The normalized spacial score (nSPS) is 12.8. The molecule has 8 heteroatoms. The van der Waals surface area contributed by atoms with Gasteiger partial charge in [-0.05, 0) is 44.2 Å². The summed E-state index contributed by atoms with van der Waals surface area (Å²) in [5.41, 5.74) is -0.208. The molecule has 0 aliphatic carbocycles. The van der Waals surface area contributed by atoms with Crippen molar-refractivity contribution < 1.29 is 27.5 Å². The van der Waals surface area contributed by atoms with E-state index >= 15 is 0 Å².